The molecule has 2 amide bonds. The van der Waals surface area contributed by atoms with Gasteiger partial charge in [-0.2, -0.15) is 5.10 Å². The van der Waals surface area contributed by atoms with Crippen molar-refractivity contribution in [2.45, 2.75) is 69.9 Å². The molecule has 2 aromatic rings. The fraction of sp³-hybridized carbons (Fsp3) is 0.583. The van der Waals surface area contributed by atoms with Crippen molar-refractivity contribution in [1.82, 2.24) is 14.8 Å². The van der Waals surface area contributed by atoms with Gasteiger partial charge in [0.25, 0.3) is 0 Å². The van der Waals surface area contributed by atoms with Gasteiger partial charge in [0, 0.05) is 23.8 Å². The number of rotatable bonds is 4. The van der Waals surface area contributed by atoms with Crippen LogP contribution in [0.5, 0.6) is 0 Å². The average molecular weight is 420 g/mol. The highest BCUT2D eigenvalue weighted by molar-refractivity contribution is 5.99. The number of anilines is 2. The first-order valence-corrected chi connectivity index (χ1v) is 11.6. The van der Waals surface area contributed by atoms with Crippen LogP contribution in [0.3, 0.4) is 0 Å². The smallest absolute Gasteiger partial charge is 0.230 e. The van der Waals surface area contributed by atoms with Crippen LogP contribution in [-0.2, 0) is 15.1 Å². The molecule has 7 rings (SSSR count). The Balaban J connectivity index is 1.27. The lowest BCUT2D eigenvalue weighted by Gasteiger charge is -2.60. The Morgan fingerprint density at radius 1 is 1.19 bits per heavy atom. The molecule has 1 aromatic carbocycles. The molecule has 4 bridgehead atoms. The van der Waals surface area contributed by atoms with E-state index < -0.39 is 0 Å². The summed E-state index contributed by atoms with van der Waals surface area (Å²) in [7, 11) is 0. The second-order valence-corrected chi connectivity index (χ2v) is 10.5. The first-order chi connectivity index (χ1) is 15.0. The Hall–Kier alpha value is -2.70. The van der Waals surface area contributed by atoms with Crippen LogP contribution >= 0.6 is 0 Å². The zero-order valence-corrected chi connectivity index (χ0v) is 18.0. The lowest BCUT2D eigenvalue weighted by molar-refractivity contribution is -0.150. The molecule has 0 spiro atoms. The number of nitrogens with one attached hydrogen (secondary N) is 1. The van der Waals surface area contributed by atoms with Gasteiger partial charge in [0.05, 0.1) is 11.0 Å². The van der Waals surface area contributed by atoms with E-state index in [-0.39, 0.29) is 28.8 Å². The summed E-state index contributed by atoms with van der Waals surface area (Å²) in [6.07, 6.45) is 11.1. The highest BCUT2D eigenvalue weighted by Crippen LogP contribution is 2.64. The van der Waals surface area contributed by atoms with Gasteiger partial charge in [-0.1, -0.05) is 6.07 Å². The molecule has 1 N–H and O–H groups in total. The molecule has 5 aliphatic rings. The highest BCUT2D eigenvalue weighted by atomic mass is 16.2. The van der Waals surface area contributed by atoms with Gasteiger partial charge in [-0.15, -0.1) is 0 Å². The van der Waals surface area contributed by atoms with Gasteiger partial charge in [-0.05, 0) is 81.9 Å². The van der Waals surface area contributed by atoms with Crippen molar-refractivity contribution in [2.24, 2.45) is 17.3 Å². The molecule has 4 aliphatic carbocycles. The molecule has 1 aliphatic heterocycles. The van der Waals surface area contributed by atoms with Crippen LogP contribution in [0.2, 0.25) is 0 Å². The minimum atomic E-state index is -0.344. The van der Waals surface area contributed by atoms with E-state index in [1.165, 1.54) is 6.42 Å². The van der Waals surface area contributed by atoms with E-state index >= 15 is 0 Å². The van der Waals surface area contributed by atoms with Crippen LogP contribution in [-0.4, -0.2) is 32.6 Å². The highest BCUT2D eigenvalue weighted by Gasteiger charge is 2.61. The van der Waals surface area contributed by atoms with E-state index in [0.29, 0.717) is 18.3 Å². The molecule has 2 heterocycles. The van der Waals surface area contributed by atoms with E-state index in [1.807, 2.05) is 40.2 Å². The predicted octanol–water partition coefficient (Wildman–Crippen LogP) is 3.73. The van der Waals surface area contributed by atoms with Gasteiger partial charge in [0.1, 0.15) is 12.7 Å². The second kappa shape index (κ2) is 6.65. The lowest BCUT2D eigenvalue weighted by atomic mass is 9.46. The standard InChI is InChI=1S/C24H29N5O2/c1-16-5-6-21(30)29(16)20-4-2-3-19(8-20)27-22(31)23-9-17-7-18(10-23)12-24(11-17,13-23)28-15-25-14-26-28/h2-4,8,14-18H,5-7,9-13H2,1H3,(H,27,31). The normalized spacial score (nSPS) is 36.2. The number of aromatic nitrogens is 3. The number of benzene rings is 1. The third-order valence-corrected chi connectivity index (χ3v) is 8.28. The van der Waals surface area contributed by atoms with E-state index in [0.717, 1.165) is 49.9 Å². The lowest BCUT2D eigenvalue weighted by Crippen LogP contribution is -2.60. The third kappa shape index (κ3) is 2.92. The summed E-state index contributed by atoms with van der Waals surface area (Å²) in [4.78, 5) is 32.1. The molecule has 1 saturated heterocycles. The Morgan fingerprint density at radius 2 is 2.00 bits per heavy atom. The number of carbonyl (C=O) groups excluding carboxylic acids is 2. The molecular formula is C24H29N5O2. The summed E-state index contributed by atoms with van der Waals surface area (Å²) >= 11 is 0. The number of hydrogen-bond acceptors (Lipinski definition) is 4. The van der Waals surface area contributed by atoms with Gasteiger partial charge >= 0.3 is 0 Å². The van der Waals surface area contributed by atoms with Gasteiger partial charge in [-0.25, -0.2) is 9.67 Å². The molecule has 0 radical (unpaired) electrons. The molecule has 7 heteroatoms. The summed E-state index contributed by atoms with van der Waals surface area (Å²) in [5.41, 5.74) is 1.23. The minimum absolute atomic E-state index is 0.0722. The molecule has 3 atom stereocenters. The summed E-state index contributed by atoms with van der Waals surface area (Å²) in [6, 6.07) is 7.97. The molecule has 1 aromatic heterocycles. The van der Waals surface area contributed by atoms with Crippen LogP contribution in [0.15, 0.2) is 36.9 Å². The van der Waals surface area contributed by atoms with E-state index in [1.54, 1.807) is 6.33 Å². The zero-order chi connectivity index (χ0) is 21.2. The molecule has 162 valence electrons. The monoisotopic (exact) mass is 419 g/mol. The zero-order valence-electron chi connectivity index (χ0n) is 18.0. The van der Waals surface area contributed by atoms with E-state index in [9.17, 15) is 9.59 Å². The van der Waals surface area contributed by atoms with Crippen LogP contribution in [0, 0.1) is 17.3 Å². The number of amides is 2. The van der Waals surface area contributed by atoms with Crippen LogP contribution in [0.4, 0.5) is 11.4 Å². The predicted molar refractivity (Wildman–Crippen MR) is 116 cm³/mol. The van der Waals surface area contributed by atoms with Gasteiger partial charge in [0.2, 0.25) is 11.8 Å². The van der Waals surface area contributed by atoms with Crippen molar-refractivity contribution in [1.29, 1.82) is 0 Å². The fourth-order valence-electron chi connectivity index (χ4n) is 7.42. The Morgan fingerprint density at radius 3 is 2.68 bits per heavy atom. The molecule has 5 fully saturated rings. The maximum Gasteiger partial charge on any atom is 0.230 e. The largest absolute Gasteiger partial charge is 0.326 e. The molecule has 7 nitrogen and oxygen atoms in total. The van der Waals surface area contributed by atoms with Crippen molar-refractivity contribution in [3.63, 3.8) is 0 Å². The molecular weight excluding hydrogens is 390 g/mol. The van der Waals surface area contributed by atoms with E-state index in [4.69, 9.17) is 0 Å². The maximum absolute atomic E-state index is 13.7. The number of hydrogen-bond donors (Lipinski definition) is 1. The van der Waals surface area contributed by atoms with Gasteiger partial charge < -0.3 is 10.2 Å². The van der Waals surface area contributed by atoms with Crippen molar-refractivity contribution in [2.75, 3.05) is 10.2 Å². The minimum Gasteiger partial charge on any atom is -0.326 e. The van der Waals surface area contributed by atoms with Gasteiger partial charge in [0.15, 0.2) is 0 Å². The van der Waals surface area contributed by atoms with Crippen LogP contribution in [0.25, 0.3) is 0 Å². The summed E-state index contributed by atoms with van der Waals surface area (Å²) in [6.45, 7) is 2.08. The van der Waals surface area contributed by atoms with Crippen molar-refractivity contribution >= 4 is 23.2 Å². The maximum atomic E-state index is 13.7. The second-order valence-electron chi connectivity index (χ2n) is 10.5. The molecule has 3 unspecified atom stereocenters. The van der Waals surface area contributed by atoms with E-state index in [2.05, 4.69) is 22.3 Å². The summed E-state index contributed by atoms with van der Waals surface area (Å²) < 4.78 is 2.04. The fourth-order valence-corrected chi connectivity index (χ4v) is 7.42. The van der Waals surface area contributed by atoms with Crippen LogP contribution in [0.1, 0.15) is 58.3 Å². The molecule has 4 saturated carbocycles. The van der Waals surface area contributed by atoms with Gasteiger partial charge in [-0.3, -0.25) is 9.59 Å². The first-order valence-electron chi connectivity index (χ1n) is 11.6. The Bertz CT molecular complexity index is 1020. The first kappa shape index (κ1) is 19.0. The topological polar surface area (TPSA) is 80.1 Å². The summed E-state index contributed by atoms with van der Waals surface area (Å²) in [5.74, 6) is 1.44. The van der Waals surface area contributed by atoms with Crippen LogP contribution < -0.4 is 10.2 Å². The Kier molecular flexibility index (Phi) is 4.08. The average Bonchev–Trinajstić information content (AvgIpc) is 3.38. The van der Waals surface area contributed by atoms with Crippen molar-refractivity contribution < 1.29 is 9.59 Å². The quantitative estimate of drug-likeness (QED) is 0.819. The Labute approximate surface area is 182 Å². The summed E-state index contributed by atoms with van der Waals surface area (Å²) in [5, 5.41) is 7.72. The van der Waals surface area contributed by atoms with Crippen molar-refractivity contribution in [3.8, 4) is 0 Å². The SMILES string of the molecule is CC1CCC(=O)N1c1cccc(NC(=O)C23CC4CC(C2)CC(n2cncn2)(C4)C3)c1. The van der Waals surface area contributed by atoms with Crippen molar-refractivity contribution in [3.05, 3.63) is 36.9 Å². The molecule has 31 heavy (non-hydrogen) atoms. The number of nitrogens with zero attached hydrogens (tertiary/aromatic N) is 4. The number of carbonyl (C=O) groups is 2. The third-order valence-electron chi connectivity index (χ3n) is 8.28.